The molecule has 4 nitrogen and oxygen atoms in total. The largest absolute Gasteiger partial charge is 0.460 e. The van der Waals surface area contributed by atoms with Crippen molar-refractivity contribution >= 4 is 28.2 Å². The molecule has 2 aliphatic rings. The summed E-state index contributed by atoms with van der Waals surface area (Å²) in [5, 5.41) is 1.08. The normalized spacial score (nSPS) is 14.9. The van der Waals surface area contributed by atoms with Crippen LogP contribution in [-0.4, -0.2) is 15.0 Å². The van der Waals surface area contributed by atoms with Crippen LogP contribution < -0.4 is 0 Å². The van der Waals surface area contributed by atoms with E-state index in [-0.39, 0.29) is 0 Å². The van der Waals surface area contributed by atoms with E-state index in [0.29, 0.717) is 23.4 Å². The highest BCUT2D eigenvalue weighted by atomic mass is 16.3. The molecule has 1 atom stereocenters. The van der Waals surface area contributed by atoms with Crippen molar-refractivity contribution in [1.82, 2.24) is 15.0 Å². The predicted molar refractivity (Wildman–Crippen MR) is 221 cm³/mol. The van der Waals surface area contributed by atoms with E-state index in [1.54, 1.807) is 0 Å². The molecular weight excluding hydrogens is 659 g/mol. The van der Waals surface area contributed by atoms with Crippen molar-refractivity contribution < 1.29 is 4.42 Å². The summed E-state index contributed by atoms with van der Waals surface area (Å²) in [4.78, 5) is 16.0. The molecule has 2 heterocycles. The van der Waals surface area contributed by atoms with Gasteiger partial charge >= 0.3 is 0 Å². The molecule has 258 valence electrons. The lowest BCUT2D eigenvalue weighted by molar-refractivity contribution is 0.545. The Bertz CT molecular complexity index is 2740. The van der Waals surface area contributed by atoms with E-state index in [9.17, 15) is 0 Å². The summed E-state index contributed by atoms with van der Waals surface area (Å²) in [6.07, 6.45) is 7.10. The summed E-state index contributed by atoms with van der Waals surface area (Å²) in [6.45, 7) is 2.30. The van der Waals surface area contributed by atoms with Crippen molar-refractivity contribution in [3.05, 3.63) is 192 Å². The first kappa shape index (κ1) is 32.0. The second-order valence-electron chi connectivity index (χ2n) is 14.3. The van der Waals surface area contributed by atoms with Gasteiger partial charge in [0.15, 0.2) is 17.5 Å². The Hall–Kier alpha value is -6.65. The minimum atomic E-state index is 0.308. The maximum Gasteiger partial charge on any atom is 0.164 e. The number of hydrogen-bond acceptors (Lipinski definition) is 4. The van der Waals surface area contributed by atoms with Crippen LogP contribution in [0.15, 0.2) is 162 Å². The van der Waals surface area contributed by atoms with E-state index in [4.69, 9.17) is 19.4 Å². The number of rotatable bonds is 6. The molecule has 0 radical (unpaired) electrons. The highest BCUT2D eigenvalue weighted by Crippen LogP contribution is 2.43. The molecule has 2 aromatic heterocycles. The molecule has 0 aliphatic heterocycles. The van der Waals surface area contributed by atoms with Gasteiger partial charge in [-0.2, -0.15) is 0 Å². The molecule has 10 rings (SSSR count). The first-order valence-corrected chi connectivity index (χ1v) is 18.8. The van der Waals surface area contributed by atoms with E-state index in [1.165, 1.54) is 27.8 Å². The smallest absolute Gasteiger partial charge is 0.164 e. The Morgan fingerprint density at radius 3 is 1.91 bits per heavy atom. The van der Waals surface area contributed by atoms with Gasteiger partial charge in [0.1, 0.15) is 11.3 Å². The van der Waals surface area contributed by atoms with Crippen LogP contribution in [0.3, 0.4) is 0 Å². The molecule has 0 N–H and O–H groups in total. The monoisotopic (exact) mass is 695 g/mol. The zero-order valence-corrected chi connectivity index (χ0v) is 30.0. The van der Waals surface area contributed by atoms with E-state index in [1.807, 2.05) is 12.1 Å². The van der Waals surface area contributed by atoms with Crippen molar-refractivity contribution in [2.75, 3.05) is 0 Å². The maximum atomic E-state index is 6.62. The fraction of sp³-hybridized carbons (Fsp3) is 0.100. The summed E-state index contributed by atoms with van der Waals surface area (Å²) in [6, 6.07) is 53.4. The maximum absolute atomic E-state index is 6.62. The van der Waals surface area contributed by atoms with Gasteiger partial charge in [-0.15, -0.1) is 0 Å². The second-order valence-corrected chi connectivity index (χ2v) is 14.3. The summed E-state index contributed by atoms with van der Waals surface area (Å²) < 4.78 is 6.62. The van der Waals surface area contributed by atoms with E-state index in [2.05, 4.69) is 159 Å². The molecule has 1 unspecified atom stereocenters. The van der Waals surface area contributed by atoms with Gasteiger partial charge < -0.3 is 4.42 Å². The number of fused-ring (bicyclic) bond motifs is 4. The number of benzene rings is 6. The Balaban J connectivity index is 1.15. The Kier molecular flexibility index (Phi) is 7.95. The van der Waals surface area contributed by atoms with Crippen molar-refractivity contribution in [3.63, 3.8) is 0 Å². The standard InChI is InChI=1S/C50H37N3O/c1-32-28-39(30-38-29-36(24-26-40(32)38)33-14-5-2-6-15-33)48-51-49(42-21-12-11-20-41(42)35-18-9-4-10-19-35)53-50(52-48)44-22-13-23-45-47(44)43-27-25-37(31-46(43)54-45)34-16-7-3-8-17-34/h2-12,14-22,24-27,29-32H,13,23,28H2,1H3. The SMILES string of the molecule is CC1CC(c2nc(C3=CCCc4oc5cc(-c6ccccc6)ccc5c43)nc(-c3ccccc3-c3ccccc3)n2)=Cc2cc(-c3ccccc3)ccc21. The third-order valence-corrected chi connectivity index (χ3v) is 10.9. The van der Waals surface area contributed by atoms with Crippen LogP contribution in [0.1, 0.15) is 59.8 Å². The zero-order valence-electron chi connectivity index (χ0n) is 30.0. The van der Waals surface area contributed by atoms with E-state index >= 15 is 0 Å². The van der Waals surface area contributed by atoms with Gasteiger partial charge in [0.2, 0.25) is 0 Å². The topological polar surface area (TPSA) is 51.8 Å². The van der Waals surface area contributed by atoms with Gasteiger partial charge in [-0.05, 0) is 93.1 Å². The fourth-order valence-electron chi connectivity index (χ4n) is 8.19. The lowest BCUT2D eigenvalue weighted by Gasteiger charge is -2.24. The van der Waals surface area contributed by atoms with Gasteiger partial charge in [0, 0.05) is 28.5 Å². The van der Waals surface area contributed by atoms with Gasteiger partial charge in [0.25, 0.3) is 0 Å². The Morgan fingerprint density at radius 1 is 0.556 bits per heavy atom. The molecule has 0 saturated heterocycles. The van der Waals surface area contributed by atoms with Crippen molar-refractivity contribution in [3.8, 4) is 44.8 Å². The molecule has 0 bridgehead atoms. The third-order valence-electron chi connectivity index (χ3n) is 10.9. The summed E-state index contributed by atoms with van der Waals surface area (Å²) in [5.74, 6) is 3.34. The molecule has 0 fully saturated rings. The number of aryl methyl sites for hydroxylation is 1. The molecular formula is C50H37N3O. The molecule has 54 heavy (non-hydrogen) atoms. The summed E-state index contributed by atoms with van der Waals surface area (Å²) in [5.41, 5.74) is 14.5. The lowest BCUT2D eigenvalue weighted by atomic mass is 9.82. The predicted octanol–water partition coefficient (Wildman–Crippen LogP) is 12.7. The third kappa shape index (κ3) is 5.77. The molecule has 0 spiro atoms. The van der Waals surface area contributed by atoms with Crippen molar-refractivity contribution in [2.45, 2.75) is 32.1 Å². The fourth-order valence-corrected chi connectivity index (χ4v) is 8.19. The number of nitrogens with zero attached hydrogens (tertiary/aromatic N) is 3. The molecule has 0 amide bonds. The average molecular weight is 696 g/mol. The van der Waals surface area contributed by atoms with E-state index < -0.39 is 0 Å². The minimum absolute atomic E-state index is 0.308. The Morgan fingerprint density at radius 2 is 1.17 bits per heavy atom. The van der Waals surface area contributed by atoms with Crippen molar-refractivity contribution in [2.24, 2.45) is 0 Å². The number of furan rings is 1. The van der Waals surface area contributed by atoms with Crippen molar-refractivity contribution in [1.29, 1.82) is 0 Å². The van der Waals surface area contributed by atoms with Crippen LogP contribution in [0.4, 0.5) is 0 Å². The minimum Gasteiger partial charge on any atom is -0.460 e. The van der Waals surface area contributed by atoms with Crippen LogP contribution in [0.2, 0.25) is 0 Å². The quantitative estimate of drug-likeness (QED) is 0.174. The Labute approximate surface area is 315 Å². The molecule has 8 aromatic rings. The zero-order chi connectivity index (χ0) is 36.0. The summed E-state index contributed by atoms with van der Waals surface area (Å²) >= 11 is 0. The number of aromatic nitrogens is 3. The van der Waals surface area contributed by atoms with Gasteiger partial charge in [-0.3, -0.25) is 0 Å². The number of hydrogen-bond donors (Lipinski definition) is 0. The van der Waals surface area contributed by atoms with Crippen LogP contribution in [-0.2, 0) is 6.42 Å². The molecule has 4 heteroatoms. The van der Waals surface area contributed by atoms with Gasteiger partial charge in [-0.25, -0.2) is 15.0 Å². The second kappa shape index (κ2) is 13.4. The van der Waals surface area contributed by atoms with Gasteiger partial charge in [-0.1, -0.05) is 146 Å². The van der Waals surface area contributed by atoms with Gasteiger partial charge in [0.05, 0.1) is 0 Å². The molecule has 0 saturated carbocycles. The van der Waals surface area contributed by atoms with Crippen LogP contribution in [0.25, 0.3) is 73.0 Å². The van der Waals surface area contributed by atoms with E-state index in [0.717, 1.165) is 75.0 Å². The summed E-state index contributed by atoms with van der Waals surface area (Å²) in [7, 11) is 0. The highest BCUT2D eigenvalue weighted by Gasteiger charge is 2.27. The van der Waals surface area contributed by atoms with Crippen LogP contribution >= 0.6 is 0 Å². The van der Waals surface area contributed by atoms with Crippen LogP contribution in [0, 0.1) is 0 Å². The average Bonchev–Trinajstić information content (AvgIpc) is 3.62. The van der Waals surface area contributed by atoms with Crippen LogP contribution in [0.5, 0.6) is 0 Å². The number of allylic oxidation sites excluding steroid dienone is 2. The first-order chi connectivity index (χ1) is 26.7. The molecule has 2 aliphatic carbocycles. The lowest BCUT2D eigenvalue weighted by Crippen LogP contribution is -2.11. The first-order valence-electron chi connectivity index (χ1n) is 18.8. The molecule has 6 aromatic carbocycles. The highest BCUT2D eigenvalue weighted by molar-refractivity contribution is 5.98.